The first-order valence-electron chi connectivity index (χ1n) is 10.9. The molecule has 1 aromatic carbocycles. The number of hydrogen-bond donors (Lipinski definition) is 3. The molecule has 1 aliphatic carbocycles. The minimum absolute atomic E-state index is 0.114. The Bertz CT molecular complexity index is 959. The second-order valence-electron chi connectivity index (χ2n) is 8.49. The maximum absolute atomic E-state index is 12.6. The van der Waals surface area contributed by atoms with Gasteiger partial charge in [0.25, 0.3) is 0 Å². The molecule has 0 bridgehead atoms. The van der Waals surface area contributed by atoms with E-state index in [1.165, 1.54) is 12.1 Å². The van der Waals surface area contributed by atoms with Crippen LogP contribution in [0.15, 0.2) is 41.4 Å². The van der Waals surface area contributed by atoms with Crippen molar-refractivity contribution in [3.63, 3.8) is 0 Å². The Labute approximate surface area is 182 Å². The van der Waals surface area contributed by atoms with Crippen molar-refractivity contribution in [2.24, 2.45) is 0 Å². The van der Waals surface area contributed by atoms with Gasteiger partial charge < -0.3 is 14.9 Å². The van der Waals surface area contributed by atoms with Gasteiger partial charge in [-0.25, -0.2) is 13.1 Å². The number of aliphatic hydroxyl groups is 2. The summed E-state index contributed by atoms with van der Waals surface area (Å²) in [6.07, 6.45) is 6.41. The van der Waals surface area contributed by atoms with Crippen molar-refractivity contribution in [3.05, 3.63) is 42.2 Å². The summed E-state index contributed by atoms with van der Waals surface area (Å²) in [5.41, 5.74) is -0.233. The van der Waals surface area contributed by atoms with Gasteiger partial charge >= 0.3 is 0 Å². The van der Waals surface area contributed by atoms with E-state index in [1.807, 2.05) is 0 Å². The van der Waals surface area contributed by atoms with Crippen molar-refractivity contribution < 1.29 is 23.4 Å². The minimum atomic E-state index is -3.67. The van der Waals surface area contributed by atoms with E-state index in [0.717, 1.165) is 25.7 Å². The van der Waals surface area contributed by atoms with E-state index in [4.69, 9.17) is 4.74 Å². The number of benzene rings is 1. The number of sulfonamides is 1. The van der Waals surface area contributed by atoms with Gasteiger partial charge in [0.05, 0.1) is 35.9 Å². The van der Waals surface area contributed by atoms with E-state index in [0.29, 0.717) is 31.5 Å². The van der Waals surface area contributed by atoms with Crippen molar-refractivity contribution in [1.82, 2.24) is 19.7 Å². The number of aryl methyl sites for hydroxylation is 1. The van der Waals surface area contributed by atoms with Crippen LogP contribution in [-0.4, -0.2) is 58.5 Å². The molecule has 0 unspecified atom stereocenters. The molecule has 1 aliphatic heterocycles. The van der Waals surface area contributed by atoms with Crippen LogP contribution in [0.1, 0.15) is 50.6 Å². The zero-order chi connectivity index (χ0) is 21.9. The summed E-state index contributed by atoms with van der Waals surface area (Å²) in [5, 5.41) is 28.7. The third-order valence-electron chi connectivity index (χ3n) is 6.28. The third kappa shape index (κ3) is 5.15. The Kier molecular flexibility index (Phi) is 6.73. The molecule has 0 spiro atoms. The van der Waals surface area contributed by atoms with Crippen molar-refractivity contribution in [1.29, 1.82) is 0 Å². The van der Waals surface area contributed by atoms with Gasteiger partial charge in [-0.1, -0.05) is 36.3 Å². The molecule has 4 rings (SSSR count). The van der Waals surface area contributed by atoms with Crippen molar-refractivity contribution >= 4 is 10.0 Å². The molecule has 3 atom stereocenters. The van der Waals surface area contributed by atoms with Gasteiger partial charge in [0, 0.05) is 6.54 Å². The smallest absolute Gasteiger partial charge is 0.240 e. The summed E-state index contributed by atoms with van der Waals surface area (Å²) >= 11 is 0. The molecule has 1 saturated heterocycles. The van der Waals surface area contributed by atoms with Crippen LogP contribution in [0.3, 0.4) is 0 Å². The van der Waals surface area contributed by atoms with Gasteiger partial charge in [-0.05, 0) is 44.2 Å². The topological polar surface area (TPSA) is 127 Å². The predicted molar refractivity (Wildman–Crippen MR) is 113 cm³/mol. The number of nitrogens with zero attached hydrogens (tertiary/aromatic N) is 3. The lowest BCUT2D eigenvalue weighted by Crippen LogP contribution is -2.50. The molecule has 9 nitrogen and oxygen atoms in total. The number of nitrogens with one attached hydrogen (secondary N) is 1. The standard InChI is InChI=1S/C21H30N4O5S/c26-15-19-18(23-31(28,29)17-6-2-1-3-7-17)9-8-16(30-19)10-13-25-14-20(22-24-25)21(27)11-4-5-12-21/h1-3,6-7,14,16,18-19,23,26-27H,4-5,8-13,15H2/t16-,18-,19-/m1/s1. The van der Waals surface area contributed by atoms with Gasteiger partial charge in [0.2, 0.25) is 10.0 Å². The molecule has 170 valence electrons. The Morgan fingerprint density at radius 1 is 1.19 bits per heavy atom. The molecule has 1 saturated carbocycles. The maximum Gasteiger partial charge on any atom is 0.240 e. The van der Waals surface area contributed by atoms with Crippen molar-refractivity contribution in [2.75, 3.05) is 6.61 Å². The van der Waals surface area contributed by atoms with E-state index < -0.39 is 27.8 Å². The average Bonchev–Trinajstić information content (AvgIpc) is 3.43. The highest BCUT2D eigenvalue weighted by Crippen LogP contribution is 2.37. The SMILES string of the molecule is O=S(=O)(N[C@@H]1CC[C@H](CCn2cc(C3(O)CCCC3)nn2)O[C@@H]1CO)c1ccccc1. The molecule has 2 aliphatic rings. The van der Waals surface area contributed by atoms with Crippen LogP contribution >= 0.6 is 0 Å². The maximum atomic E-state index is 12.6. The van der Waals surface area contributed by atoms with E-state index in [2.05, 4.69) is 15.0 Å². The van der Waals surface area contributed by atoms with Crippen LogP contribution in [0.2, 0.25) is 0 Å². The summed E-state index contributed by atoms with van der Waals surface area (Å²) in [4.78, 5) is 0.194. The van der Waals surface area contributed by atoms with Gasteiger partial charge in [0.1, 0.15) is 11.3 Å². The van der Waals surface area contributed by atoms with E-state index in [9.17, 15) is 18.6 Å². The lowest BCUT2D eigenvalue weighted by Gasteiger charge is -2.36. The van der Waals surface area contributed by atoms with Gasteiger partial charge in [-0.2, -0.15) is 0 Å². The van der Waals surface area contributed by atoms with Gasteiger partial charge in [-0.15, -0.1) is 5.10 Å². The molecule has 31 heavy (non-hydrogen) atoms. The zero-order valence-corrected chi connectivity index (χ0v) is 18.2. The summed E-state index contributed by atoms with van der Waals surface area (Å²) in [6.45, 7) is 0.311. The van der Waals surface area contributed by atoms with Crippen LogP contribution in [0.4, 0.5) is 0 Å². The van der Waals surface area contributed by atoms with Crippen molar-refractivity contribution in [3.8, 4) is 0 Å². The largest absolute Gasteiger partial charge is 0.394 e. The third-order valence-corrected chi connectivity index (χ3v) is 7.79. The molecule has 2 aromatic rings. The average molecular weight is 451 g/mol. The molecule has 0 amide bonds. The van der Waals surface area contributed by atoms with Crippen LogP contribution in [0, 0.1) is 0 Å². The highest BCUT2D eigenvalue weighted by atomic mass is 32.2. The molecule has 1 aromatic heterocycles. The number of hydrogen-bond acceptors (Lipinski definition) is 7. The van der Waals surface area contributed by atoms with Crippen molar-refractivity contribution in [2.45, 2.75) is 80.2 Å². The molecule has 2 fully saturated rings. The van der Waals surface area contributed by atoms with Gasteiger partial charge in [-0.3, -0.25) is 4.68 Å². The fraction of sp³-hybridized carbons (Fsp3) is 0.619. The first-order valence-corrected chi connectivity index (χ1v) is 12.3. The van der Waals surface area contributed by atoms with Gasteiger partial charge in [0.15, 0.2) is 0 Å². The summed E-state index contributed by atoms with van der Waals surface area (Å²) in [6, 6.07) is 7.70. The first-order chi connectivity index (χ1) is 14.9. The predicted octanol–water partition coefficient (Wildman–Crippen LogP) is 1.32. The fourth-order valence-corrected chi connectivity index (χ4v) is 5.78. The summed E-state index contributed by atoms with van der Waals surface area (Å²) in [5.74, 6) is 0. The molecule has 2 heterocycles. The molecular weight excluding hydrogens is 420 g/mol. The molecule has 0 radical (unpaired) electrons. The van der Waals surface area contributed by atoms with Crippen LogP contribution < -0.4 is 4.72 Å². The van der Waals surface area contributed by atoms with Crippen LogP contribution in [-0.2, 0) is 26.9 Å². The normalized spacial score (nSPS) is 26.2. The number of aliphatic hydroxyl groups excluding tert-OH is 1. The second kappa shape index (κ2) is 9.33. The first kappa shape index (κ1) is 22.3. The fourth-order valence-electron chi connectivity index (χ4n) is 4.46. The highest BCUT2D eigenvalue weighted by Gasteiger charge is 2.36. The quantitative estimate of drug-likeness (QED) is 0.553. The summed E-state index contributed by atoms with van der Waals surface area (Å²) < 4.78 is 35.6. The Hall–Kier alpha value is -1.85. The number of aromatic nitrogens is 3. The number of rotatable bonds is 8. The van der Waals surface area contributed by atoms with Crippen LogP contribution in [0.25, 0.3) is 0 Å². The lowest BCUT2D eigenvalue weighted by atomic mass is 9.98. The molecular formula is C21H30N4O5S. The monoisotopic (exact) mass is 450 g/mol. The van der Waals surface area contributed by atoms with E-state index >= 15 is 0 Å². The lowest BCUT2D eigenvalue weighted by molar-refractivity contribution is -0.0891. The minimum Gasteiger partial charge on any atom is -0.394 e. The van der Waals surface area contributed by atoms with E-state index in [-0.39, 0.29) is 17.6 Å². The van der Waals surface area contributed by atoms with Crippen LogP contribution in [0.5, 0.6) is 0 Å². The Morgan fingerprint density at radius 3 is 2.65 bits per heavy atom. The van der Waals surface area contributed by atoms with E-state index in [1.54, 1.807) is 29.1 Å². The Morgan fingerprint density at radius 2 is 1.94 bits per heavy atom. The summed E-state index contributed by atoms with van der Waals surface area (Å²) in [7, 11) is -3.67. The zero-order valence-electron chi connectivity index (χ0n) is 17.4. The highest BCUT2D eigenvalue weighted by molar-refractivity contribution is 7.89. The second-order valence-corrected chi connectivity index (χ2v) is 10.2. The molecule has 3 N–H and O–H groups in total. The number of ether oxygens (including phenoxy) is 1. The molecule has 10 heteroatoms. The Balaban J connectivity index is 1.31.